The van der Waals surface area contributed by atoms with Gasteiger partial charge in [0.1, 0.15) is 6.04 Å². The fourth-order valence-corrected chi connectivity index (χ4v) is 4.41. The van der Waals surface area contributed by atoms with E-state index in [1.807, 2.05) is 36.4 Å². The maximum atomic E-state index is 13.0. The number of benzene rings is 2. The van der Waals surface area contributed by atoms with Crippen molar-refractivity contribution in [1.82, 2.24) is 15.1 Å². The predicted molar refractivity (Wildman–Crippen MR) is 107 cm³/mol. The van der Waals surface area contributed by atoms with Crippen LogP contribution in [0.15, 0.2) is 48.5 Å². The van der Waals surface area contributed by atoms with Gasteiger partial charge in [0.05, 0.1) is 6.54 Å². The number of nitrogens with zero attached hydrogens (tertiary/aromatic N) is 2. The van der Waals surface area contributed by atoms with Gasteiger partial charge in [-0.2, -0.15) is 0 Å². The molecule has 2 heterocycles. The predicted octanol–water partition coefficient (Wildman–Crippen LogP) is 2.05. The average Bonchev–Trinajstić information content (AvgIpc) is 3.55. The van der Waals surface area contributed by atoms with E-state index in [2.05, 4.69) is 11.4 Å². The monoisotopic (exact) mass is 389 g/mol. The Morgan fingerprint density at radius 1 is 1.00 bits per heavy atom. The highest BCUT2D eigenvalue weighted by molar-refractivity contribution is 6.05. The zero-order valence-corrected chi connectivity index (χ0v) is 16.1. The van der Waals surface area contributed by atoms with Crippen LogP contribution in [-0.2, 0) is 22.6 Å². The second-order valence-electron chi connectivity index (χ2n) is 7.99. The molecule has 0 bridgehead atoms. The number of nitrogens with one attached hydrogen (secondary N) is 1. The van der Waals surface area contributed by atoms with E-state index >= 15 is 0 Å². The van der Waals surface area contributed by atoms with Gasteiger partial charge in [-0.3, -0.25) is 14.4 Å². The molecule has 1 N–H and O–H groups in total. The lowest BCUT2D eigenvalue weighted by molar-refractivity contribution is -0.134. The molecule has 1 atom stereocenters. The minimum absolute atomic E-state index is 0.0492. The van der Waals surface area contributed by atoms with E-state index < -0.39 is 6.04 Å². The number of hydrogen-bond acceptors (Lipinski definition) is 3. The summed E-state index contributed by atoms with van der Waals surface area (Å²) in [5, 5.41) is 2.80. The van der Waals surface area contributed by atoms with Crippen LogP contribution in [0.2, 0.25) is 0 Å². The van der Waals surface area contributed by atoms with Crippen LogP contribution in [0.5, 0.6) is 0 Å². The molecule has 1 unspecified atom stereocenters. The molecule has 5 rings (SSSR count). The molecule has 2 aliphatic heterocycles. The summed E-state index contributed by atoms with van der Waals surface area (Å²) in [7, 11) is 0. The van der Waals surface area contributed by atoms with Gasteiger partial charge in [-0.05, 0) is 42.0 Å². The van der Waals surface area contributed by atoms with Gasteiger partial charge in [0, 0.05) is 24.7 Å². The van der Waals surface area contributed by atoms with Crippen molar-refractivity contribution < 1.29 is 14.4 Å². The van der Waals surface area contributed by atoms with Gasteiger partial charge in [0.2, 0.25) is 11.8 Å². The summed E-state index contributed by atoms with van der Waals surface area (Å²) in [6.07, 6.45) is 2.68. The molecule has 1 saturated carbocycles. The molecule has 0 saturated heterocycles. The van der Waals surface area contributed by atoms with Crippen molar-refractivity contribution in [3.63, 3.8) is 0 Å². The third-order valence-corrected chi connectivity index (χ3v) is 6.08. The summed E-state index contributed by atoms with van der Waals surface area (Å²) >= 11 is 0. The molecule has 0 radical (unpaired) electrons. The van der Waals surface area contributed by atoms with Gasteiger partial charge in [-0.15, -0.1) is 0 Å². The van der Waals surface area contributed by atoms with Crippen LogP contribution in [0.25, 0.3) is 0 Å². The van der Waals surface area contributed by atoms with Gasteiger partial charge >= 0.3 is 0 Å². The van der Waals surface area contributed by atoms with E-state index in [4.69, 9.17) is 0 Å². The number of hydrogen-bond donors (Lipinski definition) is 1. The fraction of sp³-hybridized carbons (Fsp3) is 0.348. The molecule has 0 spiro atoms. The maximum Gasteiger partial charge on any atom is 0.255 e. The summed E-state index contributed by atoms with van der Waals surface area (Å²) in [5.74, 6) is -0.452. The summed E-state index contributed by atoms with van der Waals surface area (Å²) < 4.78 is 0. The fourth-order valence-electron chi connectivity index (χ4n) is 4.41. The van der Waals surface area contributed by atoms with Crippen LogP contribution in [0.3, 0.4) is 0 Å². The quantitative estimate of drug-likeness (QED) is 0.870. The standard InChI is InChI=1S/C23H23N3O3/c27-20(25-12-11-15-5-1-2-6-16(15)14-25)13-24-22(28)21-18-7-3-4-8-19(18)23(29)26(21)17-9-10-17/h1-8,17,21H,9-14H2,(H,24,28). The lowest BCUT2D eigenvalue weighted by atomic mass is 10.00. The molecule has 1 aliphatic carbocycles. The molecule has 6 nitrogen and oxygen atoms in total. The number of carbonyl (C=O) groups is 3. The van der Waals surface area contributed by atoms with Gasteiger partial charge < -0.3 is 15.1 Å². The second-order valence-corrected chi connectivity index (χ2v) is 7.99. The van der Waals surface area contributed by atoms with Crippen molar-refractivity contribution in [3.8, 4) is 0 Å². The summed E-state index contributed by atoms with van der Waals surface area (Å²) in [6.45, 7) is 1.18. The number of fused-ring (bicyclic) bond motifs is 2. The Hall–Kier alpha value is -3.15. The number of carbonyl (C=O) groups excluding carboxylic acids is 3. The van der Waals surface area contributed by atoms with Crippen LogP contribution in [-0.4, -0.2) is 46.7 Å². The molecule has 2 aromatic rings. The highest BCUT2D eigenvalue weighted by Gasteiger charge is 2.47. The van der Waals surface area contributed by atoms with E-state index in [0.717, 1.165) is 30.4 Å². The minimum Gasteiger partial charge on any atom is -0.345 e. The van der Waals surface area contributed by atoms with Crippen molar-refractivity contribution in [1.29, 1.82) is 0 Å². The van der Waals surface area contributed by atoms with Gasteiger partial charge in [0.25, 0.3) is 5.91 Å². The Kier molecular flexibility index (Phi) is 4.34. The van der Waals surface area contributed by atoms with E-state index in [1.165, 1.54) is 5.56 Å². The van der Waals surface area contributed by atoms with Crippen LogP contribution < -0.4 is 5.32 Å². The van der Waals surface area contributed by atoms with Crippen molar-refractivity contribution in [2.24, 2.45) is 0 Å². The Bertz CT molecular complexity index is 998. The summed E-state index contributed by atoms with van der Waals surface area (Å²) in [5.41, 5.74) is 3.77. The largest absolute Gasteiger partial charge is 0.345 e. The zero-order valence-electron chi connectivity index (χ0n) is 16.1. The summed E-state index contributed by atoms with van der Waals surface area (Å²) in [6, 6.07) is 14.9. The third kappa shape index (κ3) is 3.18. The van der Waals surface area contributed by atoms with Crippen LogP contribution >= 0.6 is 0 Å². The van der Waals surface area contributed by atoms with Crippen LogP contribution in [0, 0.1) is 0 Å². The maximum absolute atomic E-state index is 13.0. The number of rotatable bonds is 4. The van der Waals surface area contributed by atoms with E-state index in [0.29, 0.717) is 18.7 Å². The van der Waals surface area contributed by atoms with Crippen LogP contribution in [0.4, 0.5) is 0 Å². The normalized spacial score (nSPS) is 20.3. The zero-order chi connectivity index (χ0) is 20.0. The lowest BCUT2D eigenvalue weighted by Gasteiger charge is -2.29. The molecular formula is C23H23N3O3. The van der Waals surface area contributed by atoms with Gasteiger partial charge in [-0.1, -0.05) is 42.5 Å². The Balaban J connectivity index is 1.27. The molecule has 29 heavy (non-hydrogen) atoms. The van der Waals surface area contributed by atoms with Crippen LogP contribution in [0.1, 0.15) is 45.9 Å². The Morgan fingerprint density at radius 3 is 2.52 bits per heavy atom. The molecule has 148 valence electrons. The van der Waals surface area contributed by atoms with E-state index in [9.17, 15) is 14.4 Å². The first-order chi connectivity index (χ1) is 14.1. The summed E-state index contributed by atoms with van der Waals surface area (Å²) in [4.78, 5) is 42.0. The van der Waals surface area contributed by atoms with Gasteiger partial charge in [0.15, 0.2) is 0 Å². The van der Waals surface area contributed by atoms with Crippen molar-refractivity contribution in [2.45, 2.75) is 37.9 Å². The first-order valence-corrected chi connectivity index (χ1v) is 10.2. The molecule has 1 fully saturated rings. The molecule has 6 heteroatoms. The minimum atomic E-state index is -0.638. The smallest absolute Gasteiger partial charge is 0.255 e. The second kappa shape index (κ2) is 7.03. The van der Waals surface area contributed by atoms with Crippen molar-refractivity contribution >= 4 is 17.7 Å². The third-order valence-electron chi connectivity index (χ3n) is 6.08. The highest BCUT2D eigenvalue weighted by atomic mass is 16.2. The first kappa shape index (κ1) is 17.9. The SMILES string of the molecule is O=C(NCC(=O)N1CCc2ccccc2C1)C1c2ccccc2C(=O)N1C1CC1. The number of amides is 3. The Morgan fingerprint density at radius 2 is 1.72 bits per heavy atom. The topological polar surface area (TPSA) is 69.7 Å². The molecule has 3 aliphatic rings. The van der Waals surface area contributed by atoms with E-state index in [-0.39, 0.29) is 30.3 Å². The molecular weight excluding hydrogens is 366 g/mol. The molecule has 2 aromatic carbocycles. The molecule has 3 amide bonds. The first-order valence-electron chi connectivity index (χ1n) is 10.2. The van der Waals surface area contributed by atoms with E-state index in [1.54, 1.807) is 15.9 Å². The Labute approximate surface area is 169 Å². The van der Waals surface area contributed by atoms with Crippen molar-refractivity contribution in [2.75, 3.05) is 13.1 Å². The lowest BCUT2D eigenvalue weighted by Crippen LogP contribution is -2.46. The van der Waals surface area contributed by atoms with Gasteiger partial charge in [-0.25, -0.2) is 0 Å². The van der Waals surface area contributed by atoms with Crippen molar-refractivity contribution in [3.05, 3.63) is 70.8 Å². The average molecular weight is 389 g/mol. The highest BCUT2D eigenvalue weighted by Crippen LogP contribution is 2.41. The molecule has 0 aromatic heterocycles.